The Balaban J connectivity index is 1.59. The maximum atomic E-state index is 12.9. The average Bonchev–Trinajstić information content (AvgIpc) is 3.12. The van der Waals surface area contributed by atoms with Crippen LogP contribution in [0.1, 0.15) is 5.56 Å². The smallest absolute Gasteiger partial charge is 0.284 e. The van der Waals surface area contributed by atoms with Crippen molar-refractivity contribution in [3.8, 4) is 5.75 Å². The van der Waals surface area contributed by atoms with Crippen LogP contribution in [0.25, 0.3) is 11.2 Å². The van der Waals surface area contributed by atoms with E-state index in [0.29, 0.717) is 31.5 Å². The molecular weight excluding hydrogens is 364 g/mol. The van der Waals surface area contributed by atoms with Crippen LogP contribution < -0.4 is 15.6 Å². The van der Waals surface area contributed by atoms with E-state index in [2.05, 4.69) is 20.2 Å². The van der Waals surface area contributed by atoms with Gasteiger partial charge < -0.3 is 19.9 Å². The lowest BCUT2D eigenvalue weighted by molar-refractivity contribution is 0.0499. The number of fused-ring (bicyclic) bond motifs is 2. The molecule has 0 aliphatic carbocycles. The highest BCUT2D eigenvalue weighted by atomic mass is 16.5. The van der Waals surface area contributed by atoms with Gasteiger partial charge in [-0.25, -0.2) is 4.98 Å². The third-order valence-corrected chi connectivity index (χ3v) is 4.58. The molecule has 3 aromatic rings. The van der Waals surface area contributed by atoms with Gasteiger partial charge in [-0.05, 0) is 6.07 Å². The highest BCUT2D eigenvalue weighted by molar-refractivity contribution is 5.71. The van der Waals surface area contributed by atoms with Crippen LogP contribution in [-0.2, 0) is 24.7 Å². The second kappa shape index (κ2) is 7.97. The summed E-state index contributed by atoms with van der Waals surface area (Å²) in [5, 5.41) is 12.0. The second-order valence-electron chi connectivity index (χ2n) is 6.43. The van der Waals surface area contributed by atoms with Gasteiger partial charge in [0.05, 0.1) is 40.0 Å². The van der Waals surface area contributed by atoms with Crippen LogP contribution in [0.5, 0.6) is 5.75 Å². The van der Waals surface area contributed by atoms with Crippen LogP contribution in [0.15, 0.2) is 35.4 Å². The zero-order chi connectivity index (χ0) is 19.5. The molecule has 1 aliphatic rings. The Labute approximate surface area is 160 Å². The number of nitrogens with zero attached hydrogens (tertiary/aromatic N) is 5. The van der Waals surface area contributed by atoms with E-state index in [9.17, 15) is 4.79 Å². The second-order valence-corrected chi connectivity index (χ2v) is 6.43. The first-order chi connectivity index (χ1) is 13.7. The molecule has 1 aromatic carbocycles. The number of imidazole rings is 1. The fourth-order valence-electron chi connectivity index (χ4n) is 3.23. The molecule has 0 unspecified atom stereocenters. The van der Waals surface area contributed by atoms with Gasteiger partial charge in [-0.3, -0.25) is 18.8 Å². The van der Waals surface area contributed by atoms with Crippen LogP contribution in [0.2, 0.25) is 0 Å². The van der Waals surface area contributed by atoms with Crippen molar-refractivity contribution in [2.45, 2.75) is 19.9 Å². The van der Waals surface area contributed by atoms with E-state index in [1.165, 1.54) is 6.33 Å². The first kappa shape index (κ1) is 18.4. The molecule has 1 aliphatic heterocycles. The third-order valence-electron chi connectivity index (χ3n) is 4.58. The topological polar surface area (TPSA) is 107 Å². The first-order valence-electron chi connectivity index (χ1n) is 8.93. The monoisotopic (exact) mass is 386 g/mol. The number of para-hydroxylation sites is 1. The molecule has 0 saturated heterocycles. The van der Waals surface area contributed by atoms with Crippen LogP contribution >= 0.6 is 0 Å². The Kier molecular flexibility index (Phi) is 5.24. The van der Waals surface area contributed by atoms with Crippen molar-refractivity contribution in [1.82, 2.24) is 24.0 Å². The van der Waals surface area contributed by atoms with Gasteiger partial charge in [-0.15, -0.1) is 0 Å². The van der Waals surface area contributed by atoms with E-state index >= 15 is 0 Å². The summed E-state index contributed by atoms with van der Waals surface area (Å²) in [7, 11) is 1.65. The van der Waals surface area contributed by atoms with E-state index in [4.69, 9.17) is 14.6 Å². The summed E-state index contributed by atoms with van der Waals surface area (Å²) in [6, 6.07) is 7.82. The SMILES string of the molecule is COc1ccccc1CN1CNc2nc3c(ncn3COCCO)c(=O)n2C1. The summed E-state index contributed by atoms with van der Waals surface area (Å²) < 4.78 is 13.9. The number of nitrogens with one attached hydrogen (secondary N) is 1. The third kappa shape index (κ3) is 3.44. The largest absolute Gasteiger partial charge is 0.496 e. The van der Waals surface area contributed by atoms with Gasteiger partial charge in [0.15, 0.2) is 11.2 Å². The van der Waals surface area contributed by atoms with Crippen molar-refractivity contribution in [3.63, 3.8) is 0 Å². The molecule has 0 spiro atoms. The van der Waals surface area contributed by atoms with Crippen molar-refractivity contribution in [2.75, 3.05) is 32.3 Å². The van der Waals surface area contributed by atoms with Gasteiger partial charge in [0, 0.05) is 12.1 Å². The predicted molar refractivity (Wildman–Crippen MR) is 102 cm³/mol. The Morgan fingerprint density at radius 1 is 1.32 bits per heavy atom. The van der Waals surface area contributed by atoms with E-state index in [0.717, 1.165) is 11.3 Å². The minimum absolute atomic E-state index is 0.0678. The molecule has 0 bridgehead atoms. The van der Waals surface area contributed by atoms with E-state index in [-0.39, 0.29) is 31.0 Å². The highest BCUT2D eigenvalue weighted by Crippen LogP contribution is 2.21. The number of benzene rings is 1. The summed E-state index contributed by atoms with van der Waals surface area (Å²) in [6.45, 7) is 1.89. The lowest BCUT2D eigenvalue weighted by Crippen LogP contribution is -2.42. The fraction of sp³-hybridized carbons (Fsp3) is 0.389. The maximum Gasteiger partial charge on any atom is 0.284 e. The quantitative estimate of drug-likeness (QED) is 0.563. The summed E-state index contributed by atoms with van der Waals surface area (Å²) >= 11 is 0. The number of ether oxygens (including phenoxy) is 2. The minimum Gasteiger partial charge on any atom is -0.496 e. The van der Waals surface area contributed by atoms with Gasteiger partial charge in [-0.1, -0.05) is 18.2 Å². The zero-order valence-corrected chi connectivity index (χ0v) is 15.5. The molecule has 2 aromatic heterocycles. The maximum absolute atomic E-state index is 12.9. The molecule has 0 radical (unpaired) electrons. The van der Waals surface area contributed by atoms with Crippen LogP contribution in [0, 0.1) is 0 Å². The van der Waals surface area contributed by atoms with Crippen molar-refractivity contribution < 1.29 is 14.6 Å². The summed E-state index contributed by atoms with van der Waals surface area (Å²) in [6.07, 6.45) is 1.52. The standard InChI is InChI=1S/C18H22N6O4/c1-27-14-5-3-2-4-13(14)8-22-9-20-18-21-16-15(17(26)24(18)11-22)19-10-23(16)12-28-7-6-25/h2-5,10,25H,6-9,11-12H2,1H3,(H,20,21). The number of methoxy groups -OCH3 is 1. The molecule has 0 atom stereocenters. The number of hydrogen-bond donors (Lipinski definition) is 2. The Morgan fingerprint density at radius 2 is 2.18 bits per heavy atom. The van der Waals surface area contributed by atoms with Gasteiger partial charge in [0.2, 0.25) is 5.95 Å². The molecule has 0 fully saturated rings. The lowest BCUT2D eigenvalue weighted by atomic mass is 10.2. The number of aliphatic hydroxyl groups excluding tert-OH is 1. The normalized spacial score (nSPS) is 14.1. The van der Waals surface area contributed by atoms with E-state index < -0.39 is 0 Å². The fourth-order valence-corrected chi connectivity index (χ4v) is 3.23. The average molecular weight is 386 g/mol. The number of aliphatic hydroxyl groups is 1. The molecule has 3 heterocycles. The summed E-state index contributed by atoms with van der Waals surface area (Å²) in [5.74, 6) is 1.31. The highest BCUT2D eigenvalue weighted by Gasteiger charge is 2.22. The van der Waals surface area contributed by atoms with Crippen molar-refractivity contribution >= 4 is 17.1 Å². The summed E-state index contributed by atoms with van der Waals surface area (Å²) in [4.78, 5) is 23.7. The molecule has 28 heavy (non-hydrogen) atoms. The zero-order valence-electron chi connectivity index (χ0n) is 15.5. The molecule has 148 valence electrons. The van der Waals surface area contributed by atoms with Crippen LogP contribution in [0.4, 0.5) is 5.95 Å². The Bertz CT molecular complexity index is 1030. The first-order valence-corrected chi connectivity index (χ1v) is 8.93. The van der Waals surface area contributed by atoms with E-state index in [1.54, 1.807) is 16.2 Å². The molecule has 2 N–H and O–H groups in total. The Hall–Kier alpha value is -2.95. The molecular formula is C18H22N6O4. The predicted octanol–water partition coefficient (Wildman–Crippen LogP) is 0.411. The van der Waals surface area contributed by atoms with Crippen LogP contribution in [-0.4, -0.2) is 56.1 Å². The minimum atomic E-state index is -0.210. The number of aromatic nitrogens is 4. The number of hydrogen-bond acceptors (Lipinski definition) is 8. The number of anilines is 1. The van der Waals surface area contributed by atoms with E-state index in [1.807, 2.05) is 24.3 Å². The molecule has 0 amide bonds. The Morgan fingerprint density at radius 3 is 3.00 bits per heavy atom. The molecule has 10 nitrogen and oxygen atoms in total. The summed E-state index contributed by atoms with van der Waals surface area (Å²) in [5.41, 5.74) is 1.58. The molecule has 4 rings (SSSR count). The molecule has 0 saturated carbocycles. The number of rotatable bonds is 7. The van der Waals surface area contributed by atoms with Crippen molar-refractivity contribution in [2.24, 2.45) is 0 Å². The van der Waals surface area contributed by atoms with Crippen LogP contribution in [0.3, 0.4) is 0 Å². The van der Waals surface area contributed by atoms with Gasteiger partial charge in [-0.2, -0.15) is 4.98 Å². The molecule has 10 heteroatoms. The lowest BCUT2D eigenvalue weighted by Gasteiger charge is -2.30. The van der Waals surface area contributed by atoms with Gasteiger partial charge in [0.1, 0.15) is 12.5 Å². The van der Waals surface area contributed by atoms with Crippen molar-refractivity contribution in [1.29, 1.82) is 0 Å². The van der Waals surface area contributed by atoms with Gasteiger partial charge >= 0.3 is 0 Å². The van der Waals surface area contributed by atoms with Gasteiger partial charge in [0.25, 0.3) is 5.56 Å². The van der Waals surface area contributed by atoms with Crippen molar-refractivity contribution in [3.05, 3.63) is 46.5 Å².